The molecule has 1 amide bonds. The SMILES string of the molecule is CC[NH+](CC)CCN1C(=O)C(=O)/C(=C(\O)c2ccncc2)[C@@H]1c1ccccc1. The third kappa shape index (κ3) is 3.82. The highest BCUT2D eigenvalue weighted by atomic mass is 16.3. The molecule has 6 nitrogen and oxygen atoms in total. The second-order valence-electron chi connectivity index (χ2n) is 6.85. The van der Waals surface area contributed by atoms with Crippen molar-refractivity contribution >= 4 is 17.4 Å². The lowest BCUT2D eigenvalue weighted by Crippen LogP contribution is -3.12. The Kier molecular flexibility index (Phi) is 6.21. The Labute approximate surface area is 165 Å². The number of quaternary nitrogens is 1. The first-order valence-corrected chi connectivity index (χ1v) is 9.65. The van der Waals surface area contributed by atoms with Crippen LogP contribution in [0.5, 0.6) is 0 Å². The van der Waals surface area contributed by atoms with Gasteiger partial charge in [0, 0.05) is 18.0 Å². The molecule has 6 heteroatoms. The Morgan fingerprint density at radius 1 is 1.07 bits per heavy atom. The minimum Gasteiger partial charge on any atom is -0.507 e. The van der Waals surface area contributed by atoms with Gasteiger partial charge in [0.15, 0.2) is 0 Å². The maximum atomic E-state index is 12.9. The van der Waals surface area contributed by atoms with Gasteiger partial charge < -0.3 is 14.9 Å². The van der Waals surface area contributed by atoms with Gasteiger partial charge in [-0.1, -0.05) is 30.3 Å². The van der Waals surface area contributed by atoms with E-state index in [1.54, 1.807) is 29.4 Å². The summed E-state index contributed by atoms with van der Waals surface area (Å²) in [4.78, 5) is 32.6. The van der Waals surface area contributed by atoms with Crippen molar-refractivity contribution in [3.05, 3.63) is 71.6 Å². The monoisotopic (exact) mass is 380 g/mol. The van der Waals surface area contributed by atoms with Crippen LogP contribution in [0.15, 0.2) is 60.4 Å². The summed E-state index contributed by atoms with van der Waals surface area (Å²) in [6, 6.07) is 12.1. The molecule has 2 N–H and O–H groups in total. The van der Waals surface area contributed by atoms with E-state index >= 15 is 0 Å². The summed E-state index contributed by atoms with van der Waals surface area (Å²) in [5, 5.41) is 10.9. The zero-order chi connectivity index (χ0) is 20.1. The number of nitrogens with zero attached hydrogens (tertiary/aromatic N) is 2. The topological polar surface area (TPSA) is 74.9 Å². The van der Waals surface area contributed by atoms with Crippen LogP contribution in [0.4, 0.5) is 0 Å². The number of pyridine rings is 1. The second kappa shape index (κ2) is 8.80. The number of nitrogens with one attached hydrogen (secondary N) is 1. The number of amides is 1. The van der Waals surface area contributed by atoms with Gasteiger partial charge in [0.2, 0.25) is 0 Å². The van der Waals surface area contributed by atoms with Crippen molar-refractivity contribution < 1.29 is 19.6 Å². The van der Waals surface area contributed by atoms with E-state index < -0.39 is 17.7 Å². The first kappa shape index (κ1) is 19.8. The number of hydrogen-bond acceptors (Lipinski definition) is 4. The molecule has 1 aromatic heterocycles. The highest BCUT2D eigenvalue weighted by Gasteiger charge is 2.46. The van der Waals surface area contributed by atoms with E-state index in [4.69, 9.17) is 0 Å². The summed E-state index contributed by atoms with van der Waals surface area (Å²) in [5.74, 6) is -1.36. The highest BCUT2D eigenvalue weighted by Crippen LogP contribution is 2.38. The molecular weight excluding hydrogens is 354 g/mol. The van der Waals surface area contributed by atoms with Crippen LogP contribution in [-0.4, -0.2) is 52.9 Å². The van der Waals surface area contributed by atoms with Gasteiger partial charge in [-0.2, -0.15) is 0 Å². The molecule has 0 spiro atoms. The largest absolute Gasteiger partial charge is 0.507 e. The number of ketones is 1. The predicted octanol–water partition coefficient (Wildman–Crippen LogP) is 1.43. The Morgan fingerprint density at radius 3 is 2.32 bits per heavy atom. The standard InChI is InChI=1S/C22H25N3O3/c1-3-24(4-2)14-15-25-19(16-8-6-5-7-9-16)18(21(27)22(25)28)20(26)17-10-12-23-13-11-17/h5-13,19,26H,3-4,14-15H2,1-2H3/p+1/b20-18-/t19-/m0/s1. The molecule has 1 aliphatic rings. The zero-order valence-corrected chi connectivity index (χ0v) is 16.3. The Balaban J connectivity index is 2.06. The van der Waals surface area contributed by atoms with Gasteiger partial charge in [0.1, 0.15) is 5.76 Å². The van der Waals surface area contributed by atoms with E-state index in [0.717, 1.165) is 25.2 Å². The first-order valence-electron chi connectivity index (χ1n) is 9.65. The Morgan fingerprint density at radius 2 is 1.71 bits per heavy atom. The van der Waals surface area contributed by atoms with E-state index in [-0.39, 0.29) is 11.3 Å². The van der Waals surface area contributed by atoms with Crippen molar-refractivity contribution in [1.29, 1.82) is 0 Å². The van der Waals surface area contributed by atoms with Gasteiger partial charge in [0.05, 0.1) is 37.8 Å². The Hall–Kier alpha value is -2.99. The van der Waals surface area contributed by atoms with Crippen LogP contribution in [0, 0.1) is 0 Å². The fourth-order valence-corrected chi connectivity index (χ4v) is 3.64. The molecule has 0 saturated carbocycles. The van der Waals surface area contributed by atoms with Crippen LogP contribution < -0.4 is 4.90 Å². The average molecular weight is 380 g/mol. The summed E-state index contributed by atoms with van der Waals surface area (Å²) in [6.45, 7) is 7.31. The van der Waals surface area contributed by atoms with E-state index in [1.807, 2.05) is 30.3 Å². The normalized spacial score (nSPS) is 18.8. The molecular formula is C22H26N3O3+. The summed E-state index contributed by atoms with van der Waals surface area (Å²) >= 11 is 0. The quantitative estimate of drug-likeness (QED) is 0.433. The smallest absolute Gasteiger partial charge is 0.295 e. The fourth-order valence-electron chi connectivity index (χ4n) is 3.64. The van der Waals surface area contributed by atoms with Crippen LogP contribution in [0.3, 0.4) is 0 Å². The summed E-state index contributed by atoms with van der Waals surface area (Å²) in [6.07, 6.45) is 3.10. The summed E-state index contributed by atoms with van der Waals surface area (Å²) in [5.41, 5.74) is 1.42. The molecule has 1 saturated heterocycles. The van der Waals surface area contributed by atoms with Gasteiger partial charge in [-0.05, 0) is 31.5 Å². The number of benzene rings is 1. The van der Waals surface area contributed by atoms with Crippen LogP contribution in [-0.2, 0) is 9.59 Å². The summed E-state index contributed by atoms with van der Waals surface area (Å²) in [7, 11) is 0. The average Bonchev–Trinajstić information content (AvgIpc) is 3.00. The van der Waals surface area contributed by atoms with Crippen LogP contribution in [0.25, 0.3) is 5.76 Å². The second-order valence-corrected chi connectivity index (χ2v) is 6.85. The maximum Gasteiger partial charge on any atom is 0.295 e. The molecule has 146 valence electrons. The molecule has 1 aromatic carbocycles. The molecule has 3 rings (SSSR count). The molecule has 28 heavy (non-hydrogen) atoms. The van der Waals surface area contributed by atoms with Crippen LogP contribution in [0.2, 0.25) is 0 Å². The van der Waals surface area contributed by atoms with Gasteiger partial charge in [0.25, 0.3) is 11.7 Å². The lowest BCUT2D eigenvalue weighted by molar-refractivity contribution is -0.895. The highest BCUT2D eigenvalue weighted by molar-refractivity contribution is 6.46. The number of aromatic nitrogens is 1. The number of carbonyl (C=O) groups excluding carboxylic acids is 2. The molecule has 2 heterocycles. The first-order chi connectivity index (χ1) is 13.6. The van der Waals surface area contributed by atoms with Crippen molar-refractivity contribution in [2.45, 2.75) is 19.9 Å². The zero-order valence-electron chi connectivity index (χ0n) is 16.3. The minimum atomic E-state index is -0.641. The number of aliphatic hydroxyl groups excluding tert-OH is 1. The number of rotatable bonds is 7. The number of likely N-dealkylation sites (N-methyl/N-ethyl adjacent to an activating group) is 1. The van der Waals surface area contributed by atoms with E-state index in [1.165, 1.54) is 4.90 Å². The number of aliphatic hydroxyl groups is 1. The fraction of sp³-hybridized carbons (Fsp3) is 0.318. The van der Waals surface area contributed by atoms with E-state index in [2.05, 4.69) is 18.8 Å². The third-order valence-electron chi connectivity index (χ3n) is 5.32. The van der Waals surface area contributed by atoms with Crippen molar-refractivity contribution in [3.8, 4) is 0 Å². The van der Waals surface area contributed by atoms with E-state index in [0.29, 0.717) is 12.1 Å². The number of hydrogen-bond donors (Lipinski definition) is 2. The molecule has 0 bridgehead atoms. The predicted molar refractivity (Wildman–Crippen MR) is 107 cm³/mol. The maximum absolute atomic E-state index is 12.9. The van der Waals surface area contributed by atoms with Crippen LogP contribution in [0.1, 0.15) is 31.0 Å². The number of likely N-dealkylation sites (tertiary alicyclic amines) is 1. The molecule has 0 aliphatic carbocycles. The molecule has 2 aromatic rings. The molecule has 1 fully saturated rings. The van der Waals surface area contributed by atoms with Crippen molar-refractivity contribution in [1.82, 2.24) is 9.88 Å². The molecule has 1 atom stereocenters. The van der Waals surface area contributed by atoms with Gasteiger partial charge >= 0.3 is 0 Å². The third-order valence-corrected chi connectivity index (χ3v) is 5.32. The van der Waals surface area contributed by atoms with Crippen molar-refractivity contribution in [3.63, 3.8) is 0 Å². The van der Waals surface area contributed by atoms with Crippen LogP contribution >= 0.6 is 0 Å². The molecule has 0 radical (unpaired) electrons. The minimum absolute atomic E-state index is 0.136. The van der Waals surface area contributed by atoms with Gasteiger partial charge in [-0.25, -0.2) is 0 Å². The van der Waals surface area contributed by atoms with Gasteiger partial charge in [-0.3, -0.25) is 14.6 Å². The lowest BCUT2D eigenvalue weighted by Gasteiger charge is -2.26. The Bertz CT molecular complexity index is 861. The summed E-state index contributed by atoms with van der Waals surface area (Å²) < 4.78 is 0. The molecule has 0 unspecified atom stereocenters. The number of Topliss-reactive ketones (excluding diaryl/α,β-unsaturated/α-hetero) is 1. The van der Waals surface area contributed by atoms with Gasteiger partial charge in [-0.15, -0.1) is 0 Å². The van der Waals surface area contributed by atoms with Crippen molar-refractivity contribution in [2.75, 3.05) is 26.2 Å². The lowest BCUT2D eigenvalue weighted by atomic mass is 9.95. The number of carbonyl (C=O) groups is 2. The van der Waals surface area contributed by atoms with E-state index in [9.17, 15) is 14.7 Å². The van der Waals surface area contributed by atoms with Crippen molar-refractivity contribution in [2.24, 2.45) is 0 Å². The molecule has 1 aliphatic heterocycles.